The highest BCUT2D eigenvalue weighted by molar-refractivity contribution is 5.87. The second-order valence-corrected chi connectivity index (χ2v) is 6.74. The Morgan fingerprint density at radius 2 is 1.42 bits per heavy atom. The Bertz CT molecular complexity index is 712. The van der Waals surface area contributed by atoms with Gasteiger partial charge in [-0.3, -0.25) is 4.79 Å². The lowest BCUT2D eigenvalue weighted by molar-refractivity contribution is -0.124. The normalized spacial score (nSPS) is 11.7. The van der Waals surface area contributed by atoms with Crippen molar-refractivity contribution < 1.29 is 9.59 Å². The van der Waals surface area contributed by atoms with Crippen LogP contribution in [0.15, 0.2) is 54.6 Å². The average Bonchev–Trinajstić information content (AvgIpc) is 2.64. The first-order chi connectivity index (χ1) is 12.5. The fourth-order valence-electron chi connectivity index (χ4n) is 2.51. The molecule has 5 nitrogen and oxygen atoms in total. The van der Waals surface area contributed by atoms with Crippen LogP contribution in [0.3, 0.4) is 0 Å². The van der Waals surface area contributed by atoms with Crippen LogP contribution in [0.4, 0.5) is 4.79 Å². The van der Waals surface area contributed by atoms with Crippen LogP contribution in [-0.4, -0.2) is 18.0 Å². The smallest absolute Gasteiger partial charge is 0.315 e. The topological polar surface area (TPSA) is 70.2 Å². The van der Waals surface area contributed by atoms with Gasteiger partial charge < -0.3 is 16.0 Å². The minimum absolute atomic E-state index is 0.0181. The molecule has 0 saturated heterocycles. The Hall–Kier alpha value is -2.82. The molecule has 3 amide bonds. The van der Waals surface area contributed by atoms with Crippen molar-refractivity contribution in [2.24, 2.45) is 5.92 Å². The summed E-state index contributed by atoms with van der Waals surface area (Å²) in [5.41, 5.74) is 3.21. The molecule has 0 saturated carbocycles. The first kappa shape index (κ1) is 19.5. The van der Waals surface area contributed by atoms with Gasteiger partial charge in [-0.05, 0) is 24.0 Å². The summed E-state index contributed by atoms with van der Waals surface area (Å²) < 4.78 is 0. The van der Waals surface area contributed by atoms with Gasteiger partial charge in [0.25, 0.3) is 0 Å². The Balaban J connectivity index is 1.85. The molecule has 138 valence electrons. The zero-order chi connectivity index (χ0) is 18.9. The Morgan fingerprint density at radius 3 is 2.04 bits per heavy atom. The van der Waals surface area contributed by atoms with Crippen molar-refractivity contribution in [1.82, 2.24) is 16.0 Å². The van der Waals surface area contributed by atoms with Gasteiger partial charge in [0.15, 0.2) is 0 Å². The van der Waals surface area contributed by atoms with E-state index in [1.54, 1.807) is 0 Å². The molecule has 2 aromatic rings. The lowest BCUT2D eigenvalue weighted by atomic mass is 10.0. The van der Waals surface area contributed by atoms with Crippen LogP contribution in [0, 0.1) is 12.8 Å². The molecule has 1 unspecified atom stereocenters. The summed E-state index contributed by atoms with van der Waals surface area (Å²) in [7, 11) is 0. The number of benzene rings is 2. The van der Waals surface area contributed by atoms with Crippen molar-refractivity contribution >= 4 is 11.9 Å². The molecular formula is C21H27N3O2. The monoisotopic (exact) mass is 353 g/mol. The van der Waals surface area contributed by atoms with E-state index in [1.165, 1.54) is 5.56 Å². The lowest BCUT2D eigenvalue weighted by Crippen LogP contribution is -2.52. The van der Waals surface area contributed by atoms with Crippen molar-refractivity contribution in [1.29, 1.82) is 0 Å². The summed E-state index contributed by atoms with van der Waals surface area (Å²) in [6.45, 7) is 6.70. The molecule has 0 fully saturated rings. The summed E-state index contributed by atoms with van der Waals surface area (Å²) in [6, 6.07) is 16.7. The second kappa shape index (κ2) is 9.61. The van der Waals surface area contributed by atoms with E-state index < -0.39 is 6.04 Å². The zero-order valence-electron chi connectivity index (χ0n) is 15.6. The highest BCUT2D eigenvalue weighted by Gasteiger charge is 2.23. The third-order valence-corrected chi connectivity index (χ3v) is 4.12. The molecule has 0 aromatic heterocycles. The van der Waals surface area contributed by atoms with E-state index in [4.69, 9.17) is 0 Å². The quantitative estimate of drug-likeness (QED) is 0.716. The molecule has 0 spiro atoms. The van der Waals surface area contributed by atoms with Crippen molar-refractivity contribution in [2.75, 3.05) is 0 Å². The molecule has 0 heterocycles. The van der Waals surface area contributed by atoms with Gasteiger partial charge in [0.1, 0.15) is 6.04 Å². The van der Waals surface area contributed by atoms with Gasteiger partial charge in [-0.2, -0.15) is 0 Å². The Morgan fingerprint density at radius 1 is 0.846 bits per heavy atom. The fourth-order valence-corrected chi connectivity index (χ4v) is 2.51. The molecule has 2 rings (SSSR count). The molecule has 0 aliphatic rings. The number of rotatable bonds is 7. The van der Waals surface area contributed by atoms with Gasteiger partial charge in [-0.1, -0.05) is 74.0 Å². The van der Waals surface area contributed by atoms with Crippen LogP contribution in [0.5, 0.6) is 0 Å². The average molecular weight is 353 g/mol. The third-order valence-electron chi connectivity index (χ3n) is 4.12. The molecule has 2 aromatic carbocycles. The molecule has 0 aliphatic carbocycles. The molecule has 1 atom stereocenters. The van der Waals surface area contributed by atoms with Crippen molar-refractivity contribution in [3.8, 4) is 0 Å². The van der Waals surface area contributed by atoms with Crippen LogP contribution in [0.25, 0.3) is 0 Å². The minimum Gasteiger partial charge on any atom is -0.350 e. The van der Waals surface area contributed by atoms with Gasteiger partial charge in [0, 0.05) is 13.1 Å². The van der Waals surface area contributed by atoms with Crippen LogP contribution in [0.2, 0.25) is 0 Å². The number of hydrogen-bond acceptors (Lipinski definition) is 2. The first-order valence-electron chi connectivity index (χ1n) is 8.87. The zero-order valence-corrected chi connectivity index (χ0v) is 15.6. The van der Waals surface area contributed by atoms with Gasteiger partial charge in [0.05, 0.1) is 0 Å². The molecule has 3 N–H and O–H groups in total. The number of aryl methyl sites for hydroxylation is 1. The maximum absolute atomic E-state index is 12.5. The van der Waals surface area contributed by atoms with Crippen LogP contribution < -0.4 is 16.0 Å². The summed E-state index contributed by atoms with van der Waals surface area (Å²) in [5.74, 6) is -0.203. The van der Waals surface area contributed by atoms with Crippen molar-refractivity contribution in [3.63, 3.8) is 0 Å². The summed E-state index contributed by atoms with van der Waals surface area (Å²) in [5, 5.41) is 8.46. The summed E-state index contributed by atoms with van der Waals surface area (Å²) in [4.78, 5) is 24.6. The number of carbonyl (C=O) groups excluding carboxylic acids is 2. The van der Waals surface area contributed by atoms with Gasteiger partial charge in [0.2, 0.25) is 5.91 Å². The van der Waals surface area contributed by atoms with E-state index in [0.29, 0.717) is 13.1 Å². The Labute approximate surface area is 155 Å². The predicted octanol–water partition coefficient (Wildman–Crippen LogP) is 3.14. The molecule has 0 radical (unpaired) electrons. The molecule has 0 aliphatic heterocycles. The molecule has 0 bridgehead atoms. The maximum atomic E-state index is 12.5. The van der Waals surface area contributed by atoms with Crippen LogP contribution in [-0.2, 0) is 17.9 Å². The maximum Gasteiger partial charge on any atom is 0.315 e. The number of nitrogens with one attached hydrogen (secondary N) is 3. The van der Waals surface area contributed by atoms with E-state index >= 15 is 0 Å². The van der Waals surface area contributed by atoms with E-state index in [9.17, 15) is 9.59 Å². The largest absolute Gasteiger partial charge is 0.350 e. The Kier molecular flexibility index (Phi) is 7.21. The van der Waals surface area contributed by atoms with E-state index in [1.807, 2.05) is 75.4 Å². The van der Waals surface area contributed by atoms with E-state index in [-0.39, 0.29) is 17.9 Å². The molecular weight excluding hydrogens is 326 g/mol. The highest BCUT2D eigenvalue weighted by atomic mass is 16.2. The fraction of sp³-hybridized carbons (Fsp3) is 0.333. The summed E-state index contributed by atoms with van der Waals surface area (Å²) >= 11 is 0. The number of amides is 3. The first-order valence-corrected chi connectivity index (χ1v) is 8.87. The minimum atomic E-state index is -0.587. The number of carbonyl (C=O) groups is 2. The SMILES string of the molecule is Cc1ccc(CNC(=O)C(NC(=O)NCc2ccccc2)C(C)C)cc1. The standard InChI is InChI=1S/C21H27N3O2/c1-15(2)19(20(25)22-13-18-11-9-16(3)10-12-18)24-21(26)23-14-17-7-5-4-6-8-17/h4-12,15,19H,13-14H2,1-3H3,(H,22,25)(H2,23,24,26). The molecule has 26 heavy (non-hydrogen) atoms. The van der Waals surface area contributed by atoms with Crippen molar-refractivity contribution in [2.45, 2.75) is 39.9 Å². The number of urea groups is 1. The third kappa shape index (κ3) is 6.24. The van der Waals surface area contributed by atoms with E-state index in [0.717, 1.165) is 11.1 Å². The predicted molar refractivity (Wildman–Crippen MR) is 103 cm³/mol. The van der Waals surface area contributed by atoms with Crippen LogP contribution >= 0.6 is 0 Å². The van der Waals surface area contributed by atoms with E-state index in [2.05, 4.69) is 16.0 Å². The van der Waals surface area contributed by atoms with Gasteiger partial charge in [-0.25, -0.2) is 4.79 Å². The van der Waals surface area contributed by atoms with Crippen molar-refractivity contribution in [3.05, 3.63) is 71.3 Å². The van der Waals surface area contributed by atoms with Gasteiger partial charge >= 0.3 is 6.03 Å². The van der Waals surface area contributed by atoms with Gasteiger partial charge in [-0.15, -0.1) is 0 Å². The molecule has 5 heteroatoms. The second-order valence-electron chi connectivity index (χ2n) is 6.74. The number of hydrogen-bond donors (Lipinski definition) is 3. The lowest BCUT2D eigenvalue weighted by Gasteiger charge is -2.22. The summed E-state index contributed by atoms with van der Waals surface area (Å²) in [6.07, 6.45) is 0. The van der Waals surface area contributed by atoms with Crippen LogP contribution in [0.1, 0.15) is 30.5 Å². The highest BCUT2D eigenvalue weighted by Crippen LogP contribution is 2.05.